The lowest BCUT2D eigenvalue weighted by Crippen LogP contribution is -2.32. The largest absolute Gasteiger partial charge is 0.308 e. The van der Waals surface area contributed by atoms with Gasteiger partial charge in [-0.05, 0) is 24.8 Å². The molecule has 4 nitrogen and oxygen atoms in total. The van der Waals surface area contributed by atoms with E-state index in [2.05, 4.69) is 51.8 Å². The molecule has 2 heterocycles. The van der Waals surface area contributed by atoms with E-state index in [9.17, 15) is 0 Å². The Morgan fingerprint density at radius 3 is 2.77 bits per heavy atom. The van der Waals surface area contributed by atoms with Gasteiger partial charge in [0.25, 0.3) is 0 Å². The van der Waals surface area contributed by atoms with Crippen molar-refractivity contribution < 1.29 is 0 Å². The molecule has 4 heteroatoms. The van der Waals surface area contributed by atoms with Crippen molar-refractivity contribution in [3.8, 4) is 0 Å². The van der Waals surface area contributed by atoms with Gasteiger partial charge in [0.2, 0.25) is 0 Å². The number of nitrogens with one attached hydrogen (secondary N) is 1. The van der Waals surface area contributed by atoms with E-state index in [1.807, 2.05) is 10.9 Å². The molecule has 0 bridgehead atoms. The van der Waals surface area contributed by atoms with E-state index < -0.39 is 0 Å². The van der Waals surface area contributed by atoms with Gasteiger partial charge in [-0.2, -0.15) is 5.10 Å². The monoisotopic (exact) mass is 296 g/mol. The van der Waals surface area contributed by atoms with Crippen molar-refractivity contribution in [2.24, 2.45) is 0 Å². The lowest BCUT2D eigenvalue weighted by atomic mass is 10.2. The molecule has 1 aromatic heterocycles. The summed E-state index contributed by atoms with van der Waals surface area (Å²) in [4.78, 5) is 2.65. The van der Waals surface area contributed by atoms with Crippen molar-refractivity contribution in [1.82, 2.24) is 20.0 Å². The minimum atomic E-state index is 0.651. The maximum atomic E-state index is 4.48. The third-order valence-electron chi connectivity index (χ3n) is 4.75. The van der Waals surface area contributed by atoms with Crippen LogP contribution >= 0.6 is 0 Å². The number of aromatic nitrogens is 2. The maximum absolute atomic E-state index is 4.48. The summed E-state index contributed by atoms with van der Waals surface area (Å²) >= 11 is 0. The molecule has 1 saturated heterocycles. The lowest BCUT2D eigenvalue weighted by Gasteiger charge is -2.15. The zero-order chi connectivity index (χ0) is 14.8. The van der Waals surface area contributed by atoms with Crippen LogP contribution in [0.15, 0.2) is 42.7 Å². The quantitative estimate of drug-likeness (QED) is 0.887. The number of nitrogens with zero attached hydrogens (tertiary/aromatic N) is 3. The van der Waals surface area contributed by atoms with Crippen molar-refractivity contribution >= 4 is 0 Å². The van der Waals surface area contributed by atoms with Crippen molar-refractivity contribution in [3.63, 3.8) is 0 Å². The number of benzene rings is 1. The zero-order valence-electron chi connectivity index (χ0n) is 13.0. The van der Waals surface area contributed by atoms with Crippen LogP contribution in [-0.4, -0.2) is 39.9 Å². The first-order valence-corrected chi connectivity index (χ1v) is 8.39. The van der Waals surface area contributed by atoms with Crippen LogP contribution in [0.2, 0.25) is 0 Å². The Morgan fingerprint density at radius 1 is 1.09 bits per heavy atom. The van der Waals surface area contributed by atoms with E-state index in [1.165, 1.54) is 43.5 Å². The summed E-state index contributed by atoms with van der Waals surface area (Å²) in [5, 5.41) is 8.17. The van der Waals surface area contributed by atoms with Crippen LogP contribution in [0.1, 0.15) is 30.4 Å². The molecule has 0 amide bonds. The Morgan fingerprint density at radius 2 is 1.95 bits per heavy atom. The maximum Gasteiger partial charge on any atom is 0.0659 e. The first kappa shape index (κ1) is 14.0. The summed E-state index contributed by atoms with van der Waals surface area (Å²) in [6.45, 7) is 4.27. The topological polar surface area (TPSA) is 33.1 Å². The summed E-state index contributed by atoms with van der Waals surface area (Å²) in [6.07, 6.45) is 8.27. The first-order chi connectivity index (χ1) is 10.9. The average molecular weight is 296 g/mol. The van der Waals surface area contributed by atoms with Crippen LogP contribution in [0.25, 0.3) is 0 Å². The van der Waals surface area contributed by atoms with E-state index in [1.54, 1.807) is 0 Å². The highest BCUT2D eigenvalue weighted by atomic mass is 15.3. The molecule has 4 rings (SSSR count). The number of hydrogen-bond acceptors (Lipinski definition) is 3. The van der Waals surface area contributed by atoms with Gasteiger partial charge in [-0.1, -0.05) is 30.3 Å². The Bertz CT molecular complexity index is 603. The van der Waals surface area contributed by atoms with E-state index in [4.69, 9.17) is 0 Å². The number of likely N-dealkylation sites (tertiary alicyclic amines) is 1. The van der Waals surface area contributed by atoms with Gasteiger partial charge in [-0.3, -0.25) is 9.58 Å². The Labute approximate surface area is 132 Å². The van der Waals surface area contributed by atoms with E-state index >= 15 is 0 Å². The van der Waals surface area contributed by atoms with Gasteiger partial charge in [0.1, 0.15) is 0 Å². The standard InChI is InChI=1S/C18H24N4/c1-2-4-15(5-3-1)12-22-13-16(11-20-22)10-19-17-8-9-21(14-17)18-6-7-18/h1-5,11,13,17-19H,6-10,12,14H2. The molecule has 0 spiro atoms. The highest BCUT2D eigenvalue weighted by Crippen LogP contribution is 2.29. The summed E-state index contributed by atoms with van der Waals surface area (Å²) in [5.41, 5.74) is 2.57. The fourth-order valence-corrected chi connectivity index (χ4v) is 3.34. The van der Waals surface area contributed by atoms with Crippen LogP contribution in [0.5, 0.6) is 0 Å². The predicted octanol–water partition coefficient (Wildman–Crippen LogP) is 2.26. The zero-order valence-corrected chi connectivity index (χ0v) is 13.0. The Hall–Kier alpha value is -1.65. The Kier molecular flexibility index (Phi) is 3.95. The van der Waals surface area contributed by atoms with Gasteiger partial charge in [-0.15, -0.1) is 0 Å². The molecule has 1 aromatic carbocycles. The van der Waals surface area contributed by atoms with Crippen molar-refractivity contribution in [3.05, 3.63) is 53.9 Å². The minimum absolute atomic E-state index is 0.651. The number of rotatable bonds is 6. The van der Waals surface area contributed by atoms with E-state index in [0.717, 1.165) is 19.1 Å². The SMILES string of the molecule is c1ccc(Cn2cc(CNC3CCN(C4CC4)C3)cn2)cc1. The second-order valence-corrected chi connectivity index (χ2v) is 6.62. The van der Waals surface area contributed by atoms with Crippen molar-refractivity contribution in [2.45, 2.75) is 44.4 Å². The highest BCUT2D eigenvalue weighted by Gasteiger charge is 2.33. The second-order valence-electron chi connectivity index (χ2n) is 6.62. The second kappa shape index (κ2) is 6.23. The molecule has 1 saturated carbocycles. The molecule has 1 aliphatic heterocycles. The molecule has 1 N–H and O–H groups in total. The summed E-state index contributed by atoms with van der Waals surface area (Å²) in [5.74, 6) is 0. The average Bonchev–Trinajstić information content (AvgIpc) is 3.12. The fourth-order valence-electron chi connectivity index (χ4n) is 3.34. The van der Waals surface area contributed by atoms with Gasteiger partial charge >= 0.3 is 0 Å². The van der Waals surface area contributed by atoms with Gasteiger partial charge in [-0.25, -0.2) is 0 Å². The molecule has 1 aliphatic carbocycles. The molecule has 0 radical (unpaired) electrons. The molecule has 1 atom stereocenters. The van der Waals surface area contributed by atoms with E-state index in [0.29, 0.717) is 6.04 Å². The third-order valence-corrected chi connectivity index (χ3v) is 4.75. The van der Waals surface area contributed by atoms with Crippen molar-refractivity contribution in [2.75, 3.05) is 13.1 Å². The summed E-state index contributed by atoms with van der Waals surface area (Å²) in [6, 6.07) is 12.0. The van der Waals surface area contributed by atoms with Crippen LogP contribution in [0.4, 0.5) is 0 Å². The molecular weight excluding hydrogens is 272 g/mol. The molecule has 22 heavy (non-hydrogen) atoms. The smallest absolute Gasteiger partial charge is 0.0659 e. The fraction of sp³-hybridized carbons (Fsp3) is 0.500. The van der Waals surface area contributed by atoms with Gasteiger partial charge < -0.3 is 5.32 Å². The van der Waals surface area contributed by atoms with Crippen LogP contribution < -0.4 is 5.32 Å². The first-order valence-electron chi connectivity index (χ1n) is 8.39. The summed E-state index contributed by atoms with van der Waals surface area (Å²) in [7, 11) is 0. The molecule has 2 fully saturated rings. The third kappa shape index (κ3) is 3.39. The van der Waals surface area contributed by atoms with Crippen LogP contribution in [0.3, 0.4) is 0 Å². The minimum Gasteiger partial charge on any atom is -0.308 e. The van der Waals surface area contributed by atoms with Crippen molar-refractivity contribution in [1.29, 1.82) is 0 Å². The van der Waals surface area contributed by atoms with Gasteiger partial charge in [0.15, 0.2) is 0 Å². The highest BCUT2D eigenvalue weighted by molar-refractivity contribution is 5.15. The van der Waals surface area contributed by atoms with Crippen LogP contribution in [-0.2, 0) is 13.1 Å². The van der Waals surface area contributed by atoms with Crippen LogP contribution in [0, 0.1) is 0 Å². The predicted molar refractivity (Wildman–Crippen MR) is 87.6 cm³/mol. The molecule has 2 aromatic rings. The lowest BCUT2D eigenvalue weighted by molar-refractivity contribution is 0.317. The number of hydrogen-bond donors (Lipinski definition) is 1. The molecule has 2 aliphatic rings. The normalized spacial score (nSPS) is 22.3. The Balaban J connectivity index is 1.27. The molecule has 116 valence electrons. The van der Waals surface area contributed by atoms with E-state index in [-0.39, 0.29) is 0 Å². The van der Waals surface area contributed by atoms with Gasteiger partial charge in [0.05, 0.1) is 12.7 Å². The summed E-state index contributed by atoms with van der Waals surface area (Å²) < 4.78 is 2.03. The molecular formula is C18H24N4. The molecule has 1 unspecified atom stereocenters. The van der Waals surface area contributed by atoms with Gasteiger partial charge in [0, 0.05) is 43.5 Å².